The molecule has 1 aliphatic rings. The number of amides is 1. The van der Waals surface area contributed by atoms with Crippen LogP contribution in [0.25, 0.3) is 0 Å². The van der Waals surface area contributed by atoms with Crippen molar-refractivity contribution >= 4 is 18.0 Å². The van der Waals surface area contributed by atoms with Crippen LogP contribution in [0, 0.1) is 11.3 Å². The second-order valence-electron chi connectivity index (χ2n) is 5.75. The molecule has 22 heavy (non-hydrogen) atoms. The lowest BCUT2D eigenvalue weighted by molar-refractivity contribution is -0.149. The highest BCUT2D eigenvalue weighted by Gasteiger charge is 2.41. The normalized spacial score (nSPS) is 21.4. The van der Waals surface area contributed by atoms with Crippen LogP contribution in [0.1, 0.15) is 33.6 Å². The SMILES string of the molecule is CCOC(=O)C[C@H]1C[C@H](C(C)(C)C(=O)O)C=CN1C(=O)OC. The molecule has 0 spiro atoms. The van der Waals surface area contributed by atoms with Crippen molar-refractivity contribution in [3.05, 3.63) is 12.3 Å². The highest BCUT2D eigenvalue weighted by Crippen LogP contribution is 2.36. The number of aliphatic carboxylic acids is 1. The summed E-state index contributed by atoms with van der Waals surface area (Å²) in [5.41, 5.74) is -0.994. The molecule has 0 aromatic rings. The zero-order valence-electron chi connectivity index (χ0n) is 13.4. The Labute approximate surface area is 129 Å². The number of carboxylic acids is 1. The average Bonchev–Trinajstić information content (AvgIpc) is 2.46. The molecule has 7 nitrogen and oxygen atoms in total. The maximum atomic E-state index is 11.8. The van der Waals surface area contributed by atoms with Crippen molar-refractivity contribution in [2.24, 2.45) is 11.3 Å². The summed E-state index contributed by atoms with van der Waals surface area (Å²) in [6.07, 6.45) is 2.93. The van der Waals surface area contributed by atoms with Crippen molar-refractivity contribution in [2.75, 3.05) is 13.7 Å². The van der Waals surface area contributed by atoms with Crippen LogP contribution in [0.4, 0.5) is 4.79 Å². The maximum absolute atomic E-state index is 11.8. The Hall–Kier alpha value is -2.05. The molecule has 0 aromatic carbocycles. The van der Waals surface area contributed by atoms with Gasteiger partial charge in [0.05, 0.1) is 31.6 Å². The van der Waals surface area contributed by atoms with Gasteiger partial charge in [0.15, 0.2) is 0 Å². The summed E-state index contributed by atoms with van der Waals surface area (Å²) in [5, 5.41) is 9.34. The van der Waals surface area contributed by atoms with Gasteiger partial charge in [-0.2, -0.15) is 0 Å². The fraction of sp³-hybridized carbons (Fsp3) is 0.667. The third-order valence-corrected chi connectivity index (χ3v) is 3.97. The first-order chi connectivity index (χ1) is 10.2. The van der Waals surface area contributed by atoms with E-state index in [1.807, 2.05) is 0 Å². The van der Waals surface area contributed by atoms with Crippen molar-refractivity contribution in [3.8, 4) is 0 Å². The van der Waals surface area contributed by atoms with E-state index < -0.39 is 29.5 Å². The standard InChI is InChI=1S/C15H23NO6/c1-5-22-12(17)9-11-8-10(15(2,3)13(18)19)6-7-16(11)14(20)21-4/h6-7,10-11H,5,8-9H2,1-4H3,(H,18,19)/t10-,11-/m1/s1. The van der Waals surface area contributed by atoms with Crippen LogP contribution >= 0.6 is 0 Å². The van der Waals surface area contributed by atoms with E-state index in [1.165, 1.54) is 18.2 Å². The molecule has 124 valence electrons. The molecule has 0 saturated heterocycles. The minimum Gasteiger partial charge on any atom is -0.481 e. The number of allylic oxidation sites excluding steroid dienone is 1. The number of hydrogen-bond acceptors (Lipinski definition) is 5. The molecule has 0 bridgehead atoms. The Kier molecular flexibility index (Phi) is 5.96. The highest BCUT2D eigenvalue weighted by atomic mass is 16.5. The lowest BCUT2D eigenvalue weighted by atomic mass is 9.74. The lowest BCUT2D eigenvalue weighted by Crippen LogP contribution is -2.45. The molecule has 0 aliphatic carbocycles. The Balaban J connectivity index is 2.98. The minimum atomic E-state index is -0.994. The average molecular weight is 313 g/mol. The van der Waals surface area contributed by atoms with Gasteiger partial charge in [-0.25, -0.2) is 4.79 Å². The molecule has 1 aliphatic heterocycles. The summed E-state index contributed by atoms with van der Waals surface area (Å²) < 4.78 is 9.61. The van der Waals surface area contributed by atoms with Gasteiger partial charge >= 0.3 is 18.0 Å². The van der Waals surface area contributed by atoms with Crippen LogP contribution in [-0.4, -0.2) is 47.8 Å². The van der Waals surface area contributed by atoms with Gasteiger partial charge in [-0.05, 0) is 33.1 Å². The molecule has 0 saturated carbocycles. The third kappa shape index (κ3) is 3.99. The van der Waals surface area contributed by atoms with Crippen LogP contribution in [0.5, 0.6) is 0 Å². The monoisotopic (exact) mass is 313 g/mol. The zero-order chi connectivity index (χ0) is 16.9. The fourth-order valence-corrected chi connectivity index (χ4v) is 2.41. The van der Waals surface area contributed by atoms with E-state index in [4.69, 9.17) is 9.47 Å². The fourth-order valence-electron chi connectivity index (χ4n) is 2.41. The summed E-state index contributed by atoms with van der Waals surface area (Å²) in [6, 6.07) is -0.486. The summed E-state index contributed by atoms with van der Waals surface area (Å²) in [6.45, 7) is 5.20. The first-order valence-electron chi connectivity index (χ1n) is 7.17. The number of nitrogens with zero attached hydrogens (tertiary/aromatic N) is 1. The Morgan fingerprint density at radius 3 is 2.50 bits per heavy atom. The Morgan fingerprint density at radius 1 is 1.36 bits per heavy atom. The Bertz CT molecular complexity index is 471. The molecule has 1 rings (SSSR count). The van der Waals surface area contributed by atoms with Gasteiger partial charge in [0.1, 0.15) is 0 Å². The lowest BCUT2D eigenvalue weighted by Gasteiger charge is -2.38. The maximum Gasteiger partial charge on any atom is 0.413 e. The second-order valence-corrected chi connectivity index (χ2v) is 5.75. The number of ether oxygens (including phenoxy) is 2. The largest absolute Gasteiger partial charge is 0.481 e. The van der Waals surface area contributed by atoms with E-state index in [9.17, 15) is 19.5 Å². The number of carboxylic acid groups (broad SMARTS) is 1. The molecule has 1 amide bonds. The van der Waals surface area contributed by atoms with Crippen molar-refractivity contribution < 1.29 is 29.0 Å². The summed E-state index contributed by atoms with van der Waals surface area (Å²) in [5.74, 6) is -1.66. The number of rotatable bonds is 5. The van der Waals surface area contributed by atoms with Crippen molar-refractivity contribution in [1.82, 2.24) is 4.90 Å². The van der Waals surface area contributed by atoms with Crippen LogP contribution < -0.4 is 0 Å². The molecular weight excluding hydrogens is 290 g/mol. The van der Waals surface area contributed by atoms with E-state index in [0.29, 0.717) is 6.42 Å². The second kappa shape index (κ2) is 7.29. The molecular formula is C15H23NO6. The summed E-state index contributed by atoms with van der Waals surface area (Å²) in [7, 11) is 1.25. The van der Waals surface area contributed by atoms with Crippen molar-refractivity contribution in [2.45, 2.75) is 39.7 Å². The van der Waals surface area contributed by atoms with Crippen LogP contribution in [-0.2, 0) is 19.1 Å². The van der Waals surface area contributed by atoms with Crippen LogP contribution in [0.2, 0.25) is 0 Å². The molecule has 0 fully saturated rings. The molecule has 1 N–H and O–H groups in total. The van der Waals surface area contributed by atoms with Gasteiger partial charge in [-0.15, -0.1) is 0 Å². The minimum absolute atomic E-state index is 0.000517. The first-order valence-corrected chi connectivity index (χ1v) is 7.17. The highest BCUT2D eigenvalue weighted by molar-refractivity contribution is 5.76. The summed E-state index contributed by atoms with van der Waals surface area (Å²) >= 11 is 0. The van der Waals surface area contributed by atoms with E-state index in [2.05, 4.69) is 0 Å². The molecule has 0 aromatic heterocycles. The third-order valence-electron chi connectivity index (χ3n) is 3.97. The number of carbonyl (C=O) groups is 3. The van der Waals surface area contributed by atoms with Crippen molar-refractivity contribution in [3.63, 3.8) is 0 Å². The van der Waals surface area contributed by atoms with E-state index >= 15 is 0 Å². The van der Waals surface area contributed by atoms with E-state index in [-0.39, 0.29) is 18.9 Å². The van der Waals surface area contributed by atoms with E-state index in [1.54, 1.807) is 26.8 Å². The Morgan fingerprint density at radius 2 is 2.00 bits per heavy atom. The number of methoxy groups -OCH3 is 1. The van der Waals surface area contributed by atoms with E-state index in [0.717, 1.165) is 0 Å². The molecule has 2 atom stereocenters. The predicted molar refractivity (Wildman–Crippen MR) is 77.9 cm³/mol. The topological polar surface area (TPSA) is 93.1 Å². The first kappa shape index (κ1) is 18.0. The van der Waals surface area contributed by atoms with Crippen molar-refractivity contribution in [1.29, 1.82) is 0 Å². The van der Waals surface area contributed by atoms with Crippen LogP contribution in [0.15, 0.2) is 12.3 Å². The van der Waals surface area contributed by atoms with Gasteiger partial charge in [-0.3, -0.25) is 14.5 Å². The number of esters is 1. The smallest absolute Gasteiger partial charge is 0.413 e. The summed E-state index contributed by atoms with van der Waals surface area (Å²) in [4.78, 5) is 36.2. The molecule has 0 unspecified atom stereocenters. The van der Waals surface area contributed by atoms with Gasteiger partial charge in [-0.1, -0.05) is 6.08 Å². The van der Waals surface area contributed by atoms with Gasteiger partial charge in [0.2, 0.25) is 0 Å². The van der Waals surface area contributed by atoms with Gasteiger partial charge in [0, 0.05) is 6.20 Å². The molecule has 1 heterocycles. The number of hydrogen-bond donors (Lipinski definition) is 1. The zero-order valence-corrected chi connectivity index (χ0v) is 13.4. The van der Waals surface area contributed by atoms with Crippen LogP contribution in [0.3, 0.4) is 0 Å². The van der Waals surface area contributed by atoms with Gasteiger partial charge < -0.3 is 14.6 Å². The number of carbonyl (C=O) groups excluding carboxylic acids is 2. The quantitative estimate of drug-likeness (QED) is 0.781. The molecule has 0 radical (unpaired) electrons. The van der Waals surface area contributed by atoms with Gasteiger partial charge in [0.25, 0.3) is 0 Å². The molecule has 7 heteroatoms. The predicted octanol–water partition coefficient (Wildman–Crippen LogP) is 2.02.